The maximum absolute atomic E-state index is 13.2. The molecule has 0 spiro atoms. The number of nitrogens with zero attached hydrogens (tertiary/aromatic N) is 1. The highest BCUT2D eigenvalue weighted by Crippen LogP contribution is 2.31. The van der Waals surface area contributed by atoms with Crippen LogP contribution < -0.4 is 11.1 Å². The van der Waals surface area contributed by atoms with E-state index in [1.807, 2.05) is 37.3 Å². The van der Waals surface area contributed by atoms with E-state index in [1.165, 1.54) is 10.9 Å². The summed E-state index contributed by atoms with van der Waals surface area (Å²) in [6.07, 6.45) is 1.54. The van der Waals surface area contributed by atoms with Crippen LogP contribution in [-0.2, 0) is 0 Å². The zero-order valence-corrected chi connectivity index (χ0v) is 14.4. The van der Waals surface area contributed by atoms with Crippen molar-refractivity contribution in [3.63, 3.8) is 0 Å². The average Bonchev–Trinajstić information content (AvgIpc) is 3.34. The number of para-hydroxylation sites is 1. The van der Waals surface area contributed by atoms with Gasteiger partial charge < -0.3 is 9.52 Å². The number of aryl methyl sites for hydroxylation is 2. The fraction of sp³-hybridized carbons (Fsp3) is 0.158. The third-order valence-corrected chi connectivity index (χ3v) is 4.55. The van der Waals surface area contributed by atoms with E-state index < -0.39 is 5.92 Å². The van der Waals surface area contributed by atoms with E-state index in [4.69, 9.17) is 4.42 Å². The number of furan rings is 1. The zero-order chi connectivity index (χ0) is 18.3. The van der Waals surface area contributed by atoms with Gasteiger partial charge in [-0.2, -0.15) is 0 Å². The Morgan fingerprint density at radius 2 is 1.69 bits per heavy atom. The molecule has 0 radical (unpaired) electrons. The number of benzene rings is 1. The summed E-state index contributed by atoms with van der Waals surface area (Å²) in [7, 11) is 0. The molecular formula is C19H18N4O3. The molecule has 0 aliphatic carbocycles. The standard InChI is InChI=1S/C19H18N4O3/c1-11-15(18(24)21-20-11)17(14-9-6-10-26-14)16-12(2)22-23(19(16)25)13-7-4-3-5-8-13/h3-10,17,22H,1-2H3,(H2,20,21,24). The average molecular weight is 350 g/mol. The zero-order valence-electron chi connectivity index (χ0n) is 14.4. The van der Waals surface area contributed by atoms with Gasteiger partial charge in [-0.3, -0.25) is 19.8 Å². The Morgan fingerprint density at radius 1 is 0.923 bits per heavy atom. The van der Waals surface area contributed by atoms with E-state index in [9.17, 15) is 9.59 Å². The van der Waals surface area contributed by atoms with E-state index in [2.05, 4.69) is 15.3 Å². The van der Waals surface area contributed by atoms with Crippen LogP contribution in [0.1, 0.15) is 34.2 Å². The van der Waals surface area contributed by atoms with Gasteiger partial charge in [0.25, 0.3) is 11.1 Å². The van der Waals surface area contributed by atoms with Gasteiger partial charge in [0, 0.05) is 11.4 Å². The first-order chi connectivity index (χ1) is 12.6. The molecule has 4 aromatic rings. The topological polar surface area (TPSA) is 99.6 Å². The lowest BCUT2D eigenvalue weighted by molar-refractivity contribution is 0.501. The first-order valence-electron chi connectivity index (χ1n) is 8.25. The molecular weight excluding hydrogens is 332 g/mol. The Bertz CT molecular complexity index is 1140. The Kier molecular flexibility index (Phi) is 3.76. The van der Waals surface area contributed by atoms with Crippen molar-refractivity contribution in [2.75, 3.05) is 0 Å². The Hall–Kier alpha value is -3.48. The number of aromatic amines is 3. The van der Waals surface area contributed by atoms with Gasteiger partial charge in [-0.05, 0) is 38.1 Å². The molecule has 0 saturated heterocycles. The molecule has 1 aromatic carbocycles. The van der Waals surface area contributed by atoms with Crippen LogP contribution in [0.15, 0.2) is 62.7 Å². The lowest BCUT2D eigenvalue weighted by Gasteiger charge is -2.12. The van der Waals surface area contributed by atoms with Gasteiger partial charge in [0.1, 0.15) is 5.76 Å². The number of H-pyrrole nitrogens is 3. The molecule has 0 amide bonds. The minimum atomic E-state index is -0.603. The molecule has 7 heteroatoms. The summed E-state index contributed by atoms with van der Waals surface area (Å²) < 4.78 is 7.06. The van der Waals surface area contributed by atoms with Crippen LogP contribution in [0.2, 0.25) is 0 Å². The maximum atomic E-state index is 13.2. The van der Waals surface area contributed by atoms with Crippen LogP contribution in [-0.4, -0.2) is 20.0 Å². The SMILES string of the molecule is Cc1[nH][nH]c(=O)c1C(c1ccco1)c1c(C)[nH]n(-c2ccccc2)c1=O. The van der Waals surface area contributed by atoms with Crippen LogP contribution >= 0.6 is 0 Å². The molecule has 0 saturated carbocycles. The van der Waals surface area contributed by atoms with Crippen molar-refractivity contribution < 1.29 is 4.42 Å². The van der Waals surface area contributed by atoms with Crippen LogP contribution in [0.3, 0.4) is 0 Å². The summed E-state index contributed by atoms with van der Waals surface area (Å²) in [5.74, 6) is -0.0636. The van der Waals surface area contributed by atoms with E-state index in [-0.39, 0.29) is 11.1 Å². The second kappa shape index (κ2) is 6.11. The largest absolute Gasteiger partial charge is 0.468 e. The molecule has 7 nitrogen and oxygen atoms in total. The van der Waals surface area contributed by atoms with Gasteiger partial charge in [-0.25, -0.2) is 4.68 Å². The third kappa shape index (κ3) is 2.45. The van der Waals surface area contributed by atoms with Gasteiger partial charge in [-0.15, -0.1) is 0 Å². The monoisotopic (exact) mass is 350 g/mol. The number of rotatable bonds is 4. The summed E-state index contributed by atoms with van der Waals surface area (Å²) in [6.45, 7) is 3.61. The van der Waals surface area contributed by atoms with Crippen molar-refractivity contribution in [2.45, 2.75) is 19.8 Å². The molecule has 1 unspecified atom stereocenters. The quantitative estimate of drug-likeness (QED) is 0.527. The Morgan fingerprint density at radius 3 is 2.31 bits per heavy atom. The van der Waals surface area contributed by atoms with Gasteiger partial charge in [0.05, 0.1) is 29.0 Å². The molecule has 0 aliphatic heterocycles. The molecule has 0 aliphatic rings. The van der Waals surface area contributed by atoms with Gasteiger partial charge in [0.2, 0.25) is 0 Å². The normalized spacial score (nSPS) is 12.4. The van der Waals surface area contributed by atoms with E-state index in [0.717, 1.165) is 5.69 Å². The van der Waals surface area contributed by atoms with Crippen molar-refractivity contribution in [2.24, 2.45) is 0 Å². The highest BCUT2D eigenvalue weighted by Gasteiger charge is 2.31. The molecule has 1 atom stereocenters. The minimum Gasteiger partial charge on any atom is -0.468 e. The number of hydrogen-bond acceptors (Lipinski definition) is 3. The molecule has 0 bridgehead atoms. The van der Waals surface area contributed by atoms with Crippen LogP contribution in [0.25, 0.3) is 5.69 Å². The number of nitrogens with one attached hydrogen (secondary N) is 3. The highest BCUT2D eigenvalue weighted by atomic mass is 16.3. The second-order valence-corrected chi connectivity index (χ2v) is 6.19. The Balaban J connectivity index is 1.98. The fourth-order valence-corrected chi connectivity index (χ4v) is 3.35. The molecule has 0 fully saturated rings. The number of hydrogen-bond donors (Lipinski definition) is 3. The van der Waals surface area contributed by atoms with Crippen molar-refractivity contribution >= 4 is 0 Å². The summed E-state index contributed by atoms with van der Waals surface area (Å²) in [5.41, 5.74) is 2.55. The first kappa shape index (κ1) is 16.0. The molecule has 3 N–H and O–H groups in total. The smallest absolute Gasteiger partial charge is 0.275 e. The lowest BCUT2D eigenvalue weighted by Crippen LogP contribution is -2.23. The third-order valence-electron chi connectivity index (χ3n) is 4.55. The van der Waals surface area contributed by atoms with Crippen molar-refractivity contribution in [3.05, 3.63) is 97.7 Å². The van der Waals surface area contributed by atoms with E-state index in [1.54, 1.807) is 19.1 Å². The van der Waals surface area contributed by atoms with Crippen molar-refractivity contribution in [1.29, 1.82) is 0 Å². The predicted octanol–water partition coefficient (Wildman–Crippen LogP) is 2.57. The fourth-order valence-electron chi connectivity index (χ4n) is 3.35. The lowest BCUT2D eigenvalue weighted by atomic mass is 9.89. The molecule has 3 aromatic heterocycles. The second-order valence-electron chi connectivity index (χ2n) is 6.19. The molecule has 132 valence electrons. The van der Waals surface area contributed by atoms with Crippen LogP contribution in [0.5, 0.6) is 0 Å². The maximum Gasteiger partial charge on any atom is 0.275 e. The summed E-state index contributed by atoms with van der Waals surface area (Å²) >= 11 is 0. The predicted molar refractivity (Wildman–Crippen MR) is 96.9 cm³/mol. The van der Waals surface area contributed by atoms with Crippen LogP contribution in [0, 0.1) is 13.8 Å². The van der Waals surface area contributed by atoms with Gasteiger partial charge >= 0.3 is 0 Å². The number of aromatic nitrogens is 4. The van der Waals surface area contributed by atoms with Crippen LogP contribution in [0.4, 0.5) is 0 Å². The molecule has 26 heavy (non-hydrogen) atoms. The highest BCUT2D eigenvalue weighted by molar-refractivity contribution is 5.43. The van der Waals surface area contributed by atoms with Crippen molar-refractivity contribution in [3.8, 4) is 5.69 Å². The Labute approximate surface area is 148 Å². The summed E-state index contributed by atoms with van der Waals surface area (Å²) in [6, 6.07) is 12.8. The van der Waals surface area contributed by atoms with Gasteiger partial charge in [0.15, 0.2) is 0 Å². The molecule has 3 heterocycles. The first-order valence-corrected chi connectivity index (χ1v) is 8.25. The van der Waals surface area contributed by atoms with Gasteiger partial charge in [-0.1, -0.05) is 18.2 Å². The molecule has 4 rings (SSSR count). The minimum absolute atomic E-state index is 0.213. The van der Waals surface area contributed by atoms with Crippen molar-refractivity contribution in [1.82, 2.24) is 20.0 Å². The van der Waals surface area contributed by atoms with E-state index in [0.29, 0.717) is 28.3 Å². The summed E-state index contributed by atoms with van der Waals surface area (Å²) in [4.78, 5) is 25.6. The van der Waals surface area contributed by atoms with E-state index >= 15 is 0 Å². The summed E-state index contributed by atoms with van der Waals surface area (Å²) in [5, 5.41) is 8.53.